The molecule has 3 fully saturated rings. The van der Waals surface area contributed by atoms with E-state index in [-0.39, 0.29) is 274 Å². The molecule has 3 saturated carbocycles. The Morgan fingerprint density at radius 1 is 0.910 bits per heavy atom. The quantitative estimate of drug-likeness (QED) is 0.0324. The number of carboxylic acids is 1. The van der Waals surface area contributed by atoms with Crippen LogP contribution in [0.2, 0.25) is 0 Å². The Balaban J connectivity index is 0.0000109. The Hall–Kier alpha value is 3.98. The van der Waals surface area contributed by atoms with E-state index in [0.29, 0.717) is 44.5 Å². The molecule has 4 rings (SSSR count). The molecule has 0 aliphatic heterocycles. The molecular weight excluding hydrogens is 1090 g/mol. The molecule has 30 heteroatoms. The smallest absolute Gasteiger partial charge is 0.748 e. The summed E-state index contributed by atoms with van der Waals surface area (Å²) in [5, 5.41) is 33.7. The third-order valence-corrected chi connectivity index (χ3v) is 16.3. The number of nitriles is 1. The fraction of sp³-hybridized carbons (Fsp3) is 0.838. The maximum Gasteiger partial charge on any atom is 1.00 e. The first-order valence-electron chi connectivity index (χ1n) is 20.8. The minimum Gasteiger partial charge on any atom is -0.748 e. The molecule has 0 radical (unpaired) electrons. The molecule has 0 aromatic carbocycles. The zero-order chi connectivity index (χ0) is 47.2. The normalized spacial score (nSPS) is 27.6. The van der Waals surface area contributed by atoms with Gasteiger partial charge in [-0.15, -0.1) is 28.3 Å². The molecule has 3 aliphatic carbocycles. The Kier molecular flexibility index (Phi) is 33.3. The summed E-state index contributed by atoms with van der Waals surface area (Å²) in [5.74, 6) is 2.17. The molecule has 8 unspecified atom stereocenters. The van der Waals surface area contributed by atoms with Gasteiger partial charge in [0.05, 0.1) is 81.5 Å². The average molecular weight is 1140 g/mol. The molecule has 1 heterocycles. The molecule has 0 spiro atoms. The SMILES string of the molecule is CC(=O)NC1CC(N(CCCCS(=O)(=O)[O-])CCCC(=O)[O-])CCC1N=Nc1c(C#N)c(C(C)(C)C)nn1C1C(Cl)CC(C(ON)C2CC(S(=O)(=O)[O-])CC(S(=O)(=O)[O-])C2)CC1Cl.[K+].[K+].[K+].[K+]. The van der Waals surface area contributed by atoms with Gasteiger partial charge in [0, 0.05) is 30.1 Å². The van der Waals surface area contributed by atoms with Gasteiger partial charge in [-0.25, -0.2) is 35.8 Å². The zero-order valence-corrected chi connectivity index (χ0v) is 56.0. The molecule has 1 aromatic heterocycles. The van der Waals surface area contributed by atoms with Crippen molar-refractivity contribution in [2.45, 2.75) is 162 Å². The number of nitrogens with two attached hydrogens (primary N) is 1. The number of nitrogens with zero attached hydrogens (tertiary/aromatic N) is 6. The van der Waals surface area contributed by atoms with E-state index in [2.05, 4.69) is 21.6 Å². The molecule has 358 valence electrons. The molecule has 0 saturated heterocycles. The number of nitrogens with one attached hydrogen (secondary N) is 1. The number of rotatable bonds is 19. The number of unbranched alkanes of at least 4 members (excludes halogenated alkanes) is 1. The minimum atomic E-state index is -4.98. The third-order valence-electron chi connectivity index (χ3n) is 12.3. The van der Waals surface area contributed by atoms with Crippen LogP contribution in [0.1, 0.15) is 122 Å². The second-order valence-electron chi connectivity index (χ2n) is 17.9. The van der Waals surface area contributed by atoms with Gasteiger partial charge >= 0.3 is 206 Å². The third kappa shape index (κ3) is 21.7. The monoisotopic (exact) mass is 1140 g/mol. The number of carbonyl (C=O) groups is 2. The van der Waals surface area contributed by atoms with Crippen LogP contribution in [0.25, 0.3) is 0 Å². The van der Waals surface area contributed by atoms with Crippen molar-refractivity contribution in [3.8, 4) is 6.07 Å². The number of hydrogen-bond donors (Lipinski definition) is 2. The van der Waals surface area contributed by atoms with Gasteiger partial charge in [0.15, 0.2) is 5.82 Å². The van der Waals surface area contributed by atoms with Crippen LogP contribution in [-0.2, 0) is 50.2 Å². The molecule has 1 amide bonds. The summed E-state index contributed by atoms with van der Waals surface area (Å²) in [6, 6.07) is 0.00496. The van der Waals surface area contributed by atoms with Crippen LogP contribution in [0.15, 0.2) is 10.2 Å². The summed E-state index contributed by atoms with van der Waals surface area (Å²) in [7, 11) is -14.4. The molecule has 3 aliphatic rings. The minimum absolute atomic E-state index is 0. The summed E-state index contributed by atoms with van der Waals surface area (Å²) in [6.45, 7) is 7.60. The Morgan fingerprint density at radius 3 is 1.91 bits per heavy atom. The van der Waals surface area contributed by atoms with E-state index in [9.17, 15) is 58.9 Å². The first-order valence-corrected chi connectivity index (χ1v) is 26.1. The summed E-state index contributed by atoms with van der Waals surface area (Å²) < 4.78 is 107. The van der Waals surface area contributed by atoms with Crippen molar-refractivity contribution >= 4 is 71.3 Å². The topological polar surface area (TPSA) is 346 Å². The van der Waals surface area contributed by atoms with Crippen molar-refractivity contribution in [2.24, 2.45) is 28.0 Å². The van der Waals surface area contributed by atoms with Crippen molar-refractivity contribution < 1.29 is 264 Å². The predicted molar refractivity (Wildman–Crippen MR) is 223 cm³/mol. The van der Waals surface area contributed by atoms with E-state index >= 15 is 0 Å². The van der Waals surface area contributed by atoms with Crippen molar-refractivity contribution in [2.75, 3.05) is 18.8 Å². The van der Waals surface area contributed by atoms with Crippen LogP contribution in [0, 0.1) is 23.2 Å². The molecule has 67 heavy (non-hydrogen) atoms. The first kappa shape index (κ1) is 71.0. The summed E-state index contributed by atoms with van der Waals surface area (Å²) in [5.41, 5.74) is -0.217. The molecule has 0 bridgehead atoms. The van der Waals surface area contributed by atoms with Gasteiger partial charge in [0.1, 0.15) is 11.6 Å². The first-order chi connectivity index (χ1) is 29.1. The number of amides is 1. The fourth-order valence-corrected chi connectivity index (χ4v) is 13.0. The van der Waals surface area contributed by atoms with Gasteiger partial charge < -0.3 is 38.6 Å². The van der Waals surface area contributed by atoms with E-state index in [1.807, 2.05) is 25.7 Å². The van der Waals surface area contributed by atoms with Crippen LogP contribution < -0.4 is 222 Å². The molecular formula is C37H56Cl2K4N8O13S3. The zero-order valence-electron chi connectivity index (χ0n) is 39.5. The maximum atomic E-state index is 12.5. The van der Waals surface area contributed by atoms with E-state index in [4.69, 9.17) is 39.0 Å². The maximum absolute atomic E-state index is 12.5. The number of carboxylic acid groups (broad SMARTS) is 1. The summed E-state index contributed by atoms with van der Waals surface area (Å²) in [6.07, 6.45) is -0.231. The van der Waals surface area contributed by atoms with E-state index in [1.54, 1.807) is 0 Å². The summed E-state index contributed by atoms with van der Waals surface area (Å²) in [4.78, 5) is 31.0. The van der Waals surface area contributed by atoms with Crippen molar-refractivity contribution in [3.63, 3.8) is 0 Å². The van der Waals surface area contributed by atoms with Crippen LogP contribution in [0.3, 0.4) is 0 Å². The number of hydrogen-bond acceptors (Lipinski definition) is 19. The van der Waals surface area contributed by atoms with Gasteiger partial charge in [-0.2, -0.15) is 15.5 Å². The van der Waals surface area contributed by atoms with Crippen LogP contribution in [0.5, 0.6) is 0 Å². The number of azo groups is 1. The fourth-order valence-electron chi connectivity index (χ4n) is 9.36. The molecule has 8 atom stereocenters. The van der Waals surface area contributed by atoms with Crippen LogP contribution in [-0.4, -0.2) is 130 Å². The Morgan fingerprint density at radius 2 is 1.45 bits per heavy atom. The number of alkyl halides is 2. The van der Waals surface area contributed by atoms with Crippen molar-refractivity contribution in [3.05, 3.63) is 11.3 Å². The summed E-state index contributed by atoms with van der Waals surface area (Å²) >= 11 is 14.2. The molecule has 21 nitrogen and oxygen atoms in total. The number of carbonyl (C=O) groups excluding carboxylic acids is 2. The standard InChI is InChI=1S/C37H60Cl2N8O13S3.4K/c1-21(48)42-31-18-24(46(12-7-8-32(49)50)11-5-6-13-61(51,52)53)9-10-30(31)43-44-36-27(20-40)35(37(2,3)4)45-47(36)33-28(38)16-23(17-29(33)39)34(60-41)22-14-25(62(54,55)56)19-26(15-22)63(57,58)59;;;;/h22-26,28-31,33-34H,5-19,41H2,1-4H3,(H,42,48)(H,49,50)(H,51,52,53)(H,54,55,56)(H,57,58,59);;;;/q;4*+1/p-4. The number of aliphatic carboxylic acids is 1. The second kappa shape index (κ2) is 31.4. The van der Waals surface area contributed by atoms with Crippen molar-refractivity contribution in [1.29, 1.82) is 5.26 Å². The van der Waals surface area contributed by atoms with Gasteiger partial charge in [-0.1, -0.05) is 20.8 Å². The largest absolute Gasteiger partial charge is 1.00 e. The van der Waals surface area contributed by atoms with Crippen LogP contribution in [0.4, 0.5) is 5.82 Å². The second-order valence-corrected chi connectivity index (χ2v) is 23.9. The molecule has 1 aromatic rings. The van der Waals surface area contributed by atoms with Gasteiger partial charge in [-0.05, 0) is 102 Å². The average Bonchev–Trinajstić information content (AvgIpc) is 3.52. The van der Waals surface area contributed by atoms with E-state index in [0.717, 1.165) is 0 Å². The van der Waals surface area contributed by atoms with Gasteiger partial charge in [0.25, 0.3) is 0 Å². The number of halogens is 2. The van der Waals surface area contributed by atoms with Gasteiger partial charge in [-0.3, -0.25) is 4.79 Å². The van der Waals surface area contributed by atoms with Gasteiger partial charge in [0.2, 0.25) is 5.91 Å². The number of aromatic nitrogens is 2. The van der Waals surface area contributed by atoms with Crippen molar-refractivity contribution in [1.82, 2.24) is 20.0 Å². The van der Waals surface area contributed by atoms with E-state index in [1.165, 1.54) is 11.6 Å². The van der Waals surface area contributed by atoms with E-state index < -0.39 is 111 Å². The van der Waals surface area contributed by atoms with Crippen LogP contribution >= 0.6 is 23.2 Å². The Bertz CT molecular complexity index is 2150. The predicted octanol–water partition coefficient (Wildman–Crippen LogP) is -10.2. The Labute approximate surface area is 574 Å². The molecule has 3 N–H and O–H groups in total.